The molecule has 1 N–H and O–H groups in total. The molecule has 8 nitrogen and oxygen atoms in total. The monoisotopic (exact) mass is 491 g/mol. The van der Waals surface area contributed by atoms with Gasteiger partial charge < -0.3 is 15.1 Å². The van der Waals surface area contributed by atoms with Crippen LogP contribution in [-0.2, 0) is 17.6 Å². The highest BCUT2D eigenvalue weighted by Gasteiger charge is 2.42. The number of hydrogen-bond donors (Lipinski definition) is 1. The summed E-state index contributed by atoms with van der Waals surface area (Å²) in [5.41, 5.74) is 3.73. The minimum Gasteiger partial charge on any atom is -0.366 e. The first-order chi connectivity index (χ1) is 17.0. The number of hydrogen-bond acceptors (Lipinski definition) is 6. The predicted molar refractivity (Wildman–Crippen MR) is 136 cm³/mol. The normalized spacial score (nSPS) is 19.0. The van der Waals surface area contributed by atoms with E-state index in [1.54, 1.807) is 18.3 Å². The van der Waals surface area contributed by atoms with Crippen LogP contribution in [0.4, 0.5) is 17.1 Å². The molecule has 9 heteroatoms. The average molecular weight is 492 g/mol. The van der Waals surface area contributed by atoms with Crippen LogP contribution in [0.25, 0.3) is 0 Å². The molecule has 0 aliphatic carbocycles. The Labute approximate surface area is 208 Å². The number of amides is 1. The smallest absolute Gasteiger partial charge is 0.269 e. The van der Waals surface area contributed by atoms with Crippen molar-refractivity contribution in [1.29, 1.82) is 0 Å². The zero-order chi connectivity index (χ0) is 24.4. The number of nitrogens with one attached hydrogen (secondary N) is 1. The van der Waals surface area contributed by atoms with Gasteiger partial charge in [0.05, 0.1) is 27.6 Å². The van der Waals surface area contributed by atoms with Gasteiger partial charge in [-0.1, -0.05) is 29.8 Å². The summed E-state index contributed by atoms with van der Waals surface area (Å²) in [5.74, 6) is -0.396. The van der Waals surface area contributed by atoms with Gasteiger partial charge in [0.15, 0.2) is 0 Å². The molecule has 3 aromatic rings. The van der Waals surface area contributed by atoms with Crippen molar-refractivity contribution in [3.63, 3.8) is 0 Å². The number of piperazine rings is 1. The van der Waals surface area contributed by atoms with E-state index in [1.165, 1.54) is 0 Å². The van der Waals surface area contributed by atoms with E-state index < -0.39 is 0 Å². The maximum Gasteiger partial charge on any atom is 0.269 e. The Morgan fingerprint density at radius 1 is 1.11 bits per heavy atom. The molecule has 2 unspecified atom stereocenters. The van der Waals surface area contributed by atoms with Gasteiger partial charge in [0, 0.05) is 62.3 Å². The molecule has 0 radical (unpaired) electrons. The highest BCUT2D eigenvalue weighted by molar-refractivity contribution is 6.33. The van der Waals surface area contributed by atoms with Crippen molar-refractivity contribution >= 4 is 34.6 Å². The molecule has 2 atom stereocenters. The van der Waals surface area contributed by atoms with Crippen LogP contribution < -0.4 is 15.1 Å². The van der Waals surface area contributed by atoms with Gasteiger partial charge in [0.2, 0.25) is 5.91 Å². The predicted octanol–water partition coefficient (Wildman–Crippen LogP) is 3.87. The Hall–Kier alpha value is -3.65. The minimum atomic E-state index is -0.385. The van der Waals surface area contributed by atoms with Gasteiger partial charge in [0.1, 0.15) is 0 Å². The maximum absolute atomic E-state index is 13.4. The number of nitrogens with zero attached hydrogens (tertiary/aromatic N) is 4. The van der Waals surface area contributed by atoms with Gasteiger partial charge in [0.25, 0.3) is 5.69 Å². The Balaban J connectivity index is 1.40. The van der Waals surface area contributed by atoms with Gasteiger partial charge in [-0.25, -0.2) is 0 Å². The lowest BCUT2D eigenvalue weighted by Crippen LogP contribution is -2.61. The molecular weight excluding hydrogens is 466 g/mol. The fraction of sp³-hybridized carbons (Fsp3) is 0.308. The van der Waals surface area contributed by atoms with Crippen LogP contribution >= 0.6 is 11.6 Å². The number of nitro groups is 1. The van der Waals surface area contributed by atoms with Crippen LogP contribution in [0.5, 0.6) is 0 Å². The molecule has 180 valence electrons. The molecule has 2 aliphatic rings. The number of para-hydroxylation sites is 1. The van der Waals surface area contributed by atoms with Crippen molar-refractivity contribution < 1.29 is 9.72 Å². The van der Waals surface area contributed by atoms with Crippen LogP contribution in [-0.4, -0.2) is 48.0 Å². The van der Waals surface area contributed by atoms with Gasteiger partial charge in [-0.2, -0.15) is 0 Å². The summed E-state index contributed by atoms with van der Waals surface area (Å²) < 4.78 is 0. The second kappa shape index (κ2) is 9.92. The Morgan fingerprint density at radius 3 is 2.71 bits per heavy atom. The maximum atomic E-state index is 13.4. The van der Waals surface area contributed by atoms with E-state index in [-0.39, 0.29) is 28.5 Å². The number of nitro benzene ring substituents is 1. The molecule has 1 saturated heterocycles. The molecule has 5 rings (SSSR count). The number of pyridine rings is 1. The van der Waals surface area contributed by atoms with Crippen molar-refractivity contribution in [1.82, 2.24) is 10.3 Å². The second-order valence-electron chi connectivity index (χ2n) is 8.90. The Bertz CT molecular complexity index is 1240. The highest BCUT2D eigenvalue weighted by atomic mass is 35.5. The summed E-state index contributed by atoms with van der Waals surface area (Å²) >= 11 is 6.48. The number of benzene rings is 2. The average Bonchev–Trinajstić information content (AvgIpc) is 2.88. The van der Waals surface area contributed by atoms with E-state index in [2.05, 4.69) is 20.1 Å². The van der Waals surface area contributed by atoms with Crippen LogP contribution in [0.15, 0.2) is 66.9 Å². The lowest BCUT2D eigenvalue weighted by atomic mass is 9.83. The van der Waals surface area contributed by atoms with Gasteiger partial charge in [-0.05, 0) is 42.3 Å². The summed E-state index contributed by atoms with van der Waals surface area (Å²) in [6, 6.07) is 18.4. The number of aromatic nitrogens is 1. The first kappa shape index (κ1) is 23.1. The number of anilines is 2. The molecule has 1 fully saturated rings. The summed E-state index contributed by atoms with van der Waals surface area (Å²) in [6.07, 6.45) is 2.83. The minimum absolute atomic E-state index is 0.0471. The van der Waals surface area contributed by atoms with Gasteiger partial charge >= 0.3 is 0 Å². The summed E-state index contributed by atoms with van der Waals surface area (Å²) in [4.78, 5) is 33.2. The first-order valence-electron chi connectivity index (χ1n) is 11.7. The lowest BCUT2D eigenvalue weighted by molar-refractivity contribution is -0.384. The Morgan fingerprint density at radius 2 is 1.94 bits per heavy atom. The second-order valence-corrected chi connectivity index (χ2v) is 9.31. The highest BCUT2D eigenvalue weighted by Crippen LogP contribution is 2.39. The van der Waals surface area contributed by atoms with Gasteiger partial charge in [-0.15, -0.1) is 0 Å². The number of halogens is 1. The van der Waals surface area contributed by atoms with E-state index >= 15 is 0 Å². The van der Waals surface area contributed by atoms with Crippen LogP contribution in [0.1, 0.15) is 11.3 Å². The molecule has 2 aliphatic heterocycles. The van der Waals surface area contributed by atoms with Crippen LogP contribution in [0.3, 0.4) is 0 Å². The van der Waals surface area contributed by atoms with E-state index in [4.69, 9.17) is 11.6 Å². The molecule has 35 heavy (non-hydrogen) atoms. The third-order valence-electron chi connectivity index (χ3n) is 6.84. The SMILES string of the molecule is O=C(NCCc1ccccn1)C1Cc2cc([N+](=O)[O-])ccc2N2CCN(c3ccccc3Cl)CC12. The molecule has 0 saturated carbocycles. The molecule has 0 bridgehead atoms. The summed E-state index contributed by atoms with van der Waals surface area (Å²) in [6.45, 7) is 2.55. The number of non-ortho nitro benzene ring substituents is 1. The van der Waals surface area contributed by atoms with Gasteiger partial charge in [-0.3, -0.25) is 19.9 Å². The first-order valence-corrected chi connectivity index (χ1v) is 12.1. The number of rotatable bonds is 6. The van der Waals surface area contributed by atoms with E-state index in [9.17, 15) is 14.9 Å². The van der Waals surface area contributed by atoms with Crippen molar-refractivity contribution in [3.8, 4) is 0 Å². The zero-order valence-corrected chi connectivity index (χ0v) is 19.9. The van der Waals surface area contributed by atoms with Crippen molar-refractivity contribution in [2.24, 2.45) is 5.92 Å². The number of fused-ring (bicyclic) bond motifs is 3. The molecule has 2 aromatic carbocycles. The van der Waals surface area contributed by atoms with Crippen molar-refractivity contribution in [3.05, 3.63) is 93.3 Å². The van der Waals surface area contributed by atoms with Crippen LogP contribution in [0, 0.1) is 16.0 Å². The summed E-state index contributed by atoms with van der Waals surface area (Å²) in [5, 5.41) is 15.1. The lowest BCUT2D eigenvalue weighted by Gasteiger charge is -2.49. The molecule has 3 heterocycles. The molecule has 0 spiro atoms. The van der Waals surface area contributed by atoms with E-state index in [1.807, 2.05) is 48.5 Å². The van der Waals surface area contributed by atoms with Crippen molar-refractivity contribution in [2.75, 3.05) is 36.0 Å². The quantitative estimate of drug-likeness (QED) is 0.416. The standard InChI is InChI=1S/C26H26ClN5O3/c27-22-6-1-2-7-24(22)30-13-14-31-23-9-8-20(32(34)35)15-18(23)16-21(25(31)17-30)26(33)29-12-10-19-5-3-4-11-28-19/h1-9,11,15,21,25H,10,12-14,16-17H2,(H,29,33). The fourth-order valence-corrected chi connectivity index (χ4v) is 5.40. The largest absolute Gasteiger partial charge is 0.366 e. The third kappa shape index (κ3) is 4.79. The van der Waals surface area contributed by atoms with E-state index in [0.29, 0.717) is 37.5 Å². The van der Waals surface area contributed by atoms with Crippen molar-refractivity contribution in [2.45, 2.75) is 18.9 Å². The summed E-state index contributed by atoms with van der Waals surface area (Å²) in [7, 11) is 0. The molecule has 1 aromatic heterocycles. The molecular formula is C26H26ClN5O3. The zero-order valence-electron chi connectivity index (χ0n) is 19.1. The fourth-order valence-electron chi connectivity index (χ4n) is 5.14. The number of carbonyl (C=O) groups excluding carboxylic acids is 1. The Kier molecular flexibility index (Phi) is 6.55. The number of carbonyl (C=O) groups is 1. The molecule has 1 amide bonds. The topological polar surface area (TPSA) is 91.6 Å². The van der Waals surface area contributed by atoms with E-state index in [0.717, 1.165) is 29.2 Å². The third-order valence-corrected chi connectivity index (χ3v) is 7.16. The van der Waals surface area contributed by atoms with Crippen LogP contribution in [0.2, 0.25) is 5.02 Å².